The molecule has 0 atom stereocenters. The maximum Gasteiger partial charge on any atom is -0.00661 e. The van der Waals surface area contributed by atoms with Gasteiger partial charge in [-0.1, -0.05) is 40.1 Å². The summed E-state index contributed by atoms with van der Waals surface area (Å²) in [6.45, 7) is 18.5. The van der Waals surface area contributed by atoms with Gasteiger partial charge in [-0.15, -0.1) is 0 Å². The normalized spacial score (nSPS) is 11.5. The minimum atomic E-state index is -0.115. The predicted octanol–water partition coefficient (Wildman–Crippen LogP) is 5.32. The number of hydrogen-bond acceptors (Lipinski definition) is 0. The van der Waals surface area contributed by atoms with E-state index in [0.29, 0.717) is 0 Å². The van der Waals surface area contributed by atoms with Crippen LogP contribution in [-0.4, -0.2) is 26.7 Å². The maximum atomic E-state index is 2.37. The molecular weight excluding hydrogens is 302 g/mol. The lowest BCUT2D eigenvalue weighted by atomic mass is 9.92. The number of benzene rings is 2. The molecule has 0 aliphatic heterocycles. The zero-order chi connectivity index (χ0) is 16.6. The first-order valence-corrected chi connectivity index (χ1v) is 12.3. The number of rotatable bonds is 3. The Bertz CT molecular complexity index is 636. The lowest BCUT2D eigenvalue weighted by Gasteiger charge is -2.24. The van der Waals surface area contributed by atoms with Gasteiger partial charge in [0.2, 0.25) is 0 Å². The van der Waals surface area contributed by atoms with Gasteiger partial charge in [0.25, 0.3) is 0 Å². The standard InChI is InChI=1S/C20H28P2/c1-13-9-11-17(21(5)6)19(15(13)3)20-16(4)14(2)10-12-18(20)22(7)8/h9-12H,1-8H3. The monoisotopic (exact) mass is 330 g/mol. The first-order valence-electron chi connectivity index (χ1n) is 7.81. The van der Waals surface area contributed by atoms with Crippen LogP contribution in [0.3, 0.4) is 0 Å². The molecule has 0 saturated carbocycles. The average Bonchev–Trinajstić information content (AvgIpc) is 2.44. The molecule has 0 saturated heterocycles. The van der Waals surface area contributed by atoms with E-state index in [0.717, 1.165) is 0 Å². The van der Waals surface area contributed by atoms with E-state index in [1.165, 1.54) is 33.4 Å². The van der Waals surface area contributed by atoms with E-state index < -0.39 is 0 Å². The molecule has 2 heteroatoms. The molecule has 2 rings (SSSR count). The van der Waals surface area contributed by atoms with E-state index in [4.69, 9.17) is 0 Å². The number of aryl methyl sites for hydroxylation is 2. The Kier molecular flexibility index (Phi) is 5.47. The van der Waals surface area contributed by atoms with Gasteiger partial charge in [-0.2, -0.15) is 0 Å². The second-order valence-corrected chi connectivity index (χ2v) is 11.1. The van der Waals surface area contributed by atoms with E-state index in [2.05, 4.69) is 78.6 Å². The van der Waals surface area contributed by atoms with Crippen molar-refractivity contribution in [3.63, 3.8) is 0 Å². The van der Waals surface area contributed by atoms with Crippen LogP contribution in [0.4, 0.5) is 0 Å². The van der Waals surface area contributed by atoms with Gasteiger partial charge in [0.1, 0.15) is 0 Å². The maximum absolute atomic E-state index is 2.37. The Labute approximate surface area is 138 Å². The van der Waals surface area contributed by atoms with E-state index in [1.54, 1.807) is 10.6 Å². The zero-order valence-electron chi connectivity index (χ0n) is 15.2. The lowest BCUT2D eigenvalue weighted by molar-refractivity contribution is 1.32. The third kappa shape index (κ3) is 3.15. The Hall–Kier alpha value is -0.700. The summed E-state index contributed by atoms with van der Waals surface area (Å²) in [5, 5.41) is 3.09. The highest BCUT2D eigenvalue weighted by atomic mass is 31.1. The first kappa shape index (κ1) is 17.7. The van der Waals surface area contributed by atoms with Crippen molar-refractivity contribution in [3.8, 4) is 11.1 Å². The molecule has 0 aromatic heterocycles. The van der Waals surface area contributed by atoms with Crippen LogP contribution in [0.15, 0.2) is 24.3 Å². The fourth-order valence-electron chi connectivity index (χ4n) is 2.98. The van der Waals surface area contributed by atoms with Crippen molar-refractivity contribution in [1.82, 2.24) is 0 Å². The molecule has 118 valence electrons. The van der Waals surface area contributed by atoms with Crippen molar-refractivity contribution < 1.29 is 0 Å². The summed E-state index contributed by atoms with van der Waals surface area (Å²) in [5.74, 6) is 0. The summed E-state index contributed by atoms with van der Waals surface area (Å²) in [6, 6.07) is 9.31. The largest absolute Gasteiger partial charge is 0.0810 e. The second-order valence-electron chi connectivity index (χ2n) is 6.59. The molecule has 2 aromatic carbocycles. The first-order chi connectivity index (χ1) is 10.3. The minimum absolute atomic E-state index is 0.115. The Balaban J connectivity index is 2.93. The molecule has 0 bridgehead atoms. The third-order valence-corrected chi connectivity index (χ3v) is 7.31. The van der Waals surface area contributed by atoms with Crippen LogP contribution in [0, 0.1) is 27.7 Å². The van der Waals surface area contributed by atoms with Crippen molar-refractivity contribution in [2.45, 2.75) is 27.7 Å². The van der Waals surface area contributed by atoms with E-state index in [9.17, 15) is 0 Å². The topological polar surface area (TPSA) is 0 Å². The molecular formula is C20H28P2. The summed E-state index contributed by atoms with van der Waals surface area (Å²) in [7, 11) is -0.230. The predicted molar refractivity (Wildman–Crippen MR) is 108 cm³/mol. The fourth-order valence-corrected chi connectivity index (χ4v) is 5.18. The fraction of sp³-hybridized carbons (Fsp3) is 0.400. The van der Waals surface area contributed by atoms with Gasteiger partial charge in [-0.3, -0.25) is 0 Å². The lowest BCUT2D eigenvalue weighted by Crippen LogP contribution is -2.15. The van der Waals surface area contributed by atoms with E-state index in [-0.39, 0.29) is 15.8 Å². The van der Waals surface area contributed by atoms with Crippen LogP contribution in [0.5, 0.6) is 0 Å². The van der Waals surface area contributed by atoms with Gasteiger partial charge >= 0.3 is 0 Å². The molecule has 0 fully saturated rings. The van der Waals surface area contributed by atoms with Crippen molar-refractivity contribution in [1.29, 1.82) is 0 Å². The van der Waals surface area contributed by atoms with Gasteiger partial charge in [0.05, 0.1) is 0 Å². The smallest absolute Gasteiger partial charge is 0.00661 e. The summed E-state index contributed by atoms with van der Waals surface area (Å²) in [6.07, 6.45) is 0. The average molecular weight is 330 g/mol. The highest BCUT2D eigenvalue weighted by molar-refractivity contribution is 7.65. The van der Waals surface area contributed by atoms with Crippen molar-refractivity contribution >= 4 is 26.5 Å². The van der Waals surface area contributed by atoms with Gasteiger partial charge in [-0.05, 0) is 98.3 Å². The van der Waals surface area contributed by atoms with Crippen molar-refractivity contribution in [3.05, 3.63) is 46.5 Å². The zero-order valence-corrected chi connectivity index (χ0v) is 17.0. The minimum Gasteiger partial charge on any atom is -0.0810 e. The molecule has 0 heterocycles. The molecule has 0 radical (unpaired) electrons. The van der Waals surface area contributed by atoms with Gasteiger partial charge in [-0.25, -0.2) is 0 Å². The SMILES string of the molecule is Cc1ccc(P(C)C)c(-c2c(P(C)C)ccc(C)c2C)c1C. The summed E-state index contributed by atoms with van der Waals surface area (Å²) in [5.41, 5.74) is 8.76. The van der Waals surface area contributed by atoms with Gasteiger partial charge < -0.3 is 0 Å². The summed E-state index contributed by atoms with van der Waals surface area (Å²) < 4.78 is 0. The van der Waals surface area contributed by atoms with E-state index in [1.807, 2.05) is 0 Å². The Morgan fingerprint density at radius 2 is 0.864 bits per heavy atom. The molecule has 0 amide bonds. The van der Waals surface area contributed by atoms with Crippen LogP contribution >= 0.6 is 15.8 Å². The van der Waals surface area contributed by atoms with Crippen LogP contribution in [-0.2, 0) is 0 Å². The van der Waals surface area contributed by atoms with E-state index >= 15 is 0 Å². The molecule has 22 heavy (non-hydrogen) atoms. The Morgan fingerprint density at radius 3 is 1.14 bits per heavy atom. The van der Waals surface area contributed by atoms with Crippen LogP contribution in [0.1, 0.15) is 22.3 Å². The summed E-state index contributed by atoms with van der Waals surface area (Å²) in [4.78, 5) is 0. The van der Waals surface area contributed by atoms with Gasteiger partial charge in [0, 0.05) is 0 Å². The molecule has 0 N–H and O–H groups in total. The molecule has 0 nitrogen and oxygen atoms in total. The molecule has 0 unspecified atom stereocenters. The third-order valence-electron chi connectivity index (χ3n) is 4.64. The van der Waals surface area contributed by atoms with Gasteiger partial charge in [0.15, 0.2) is 0 Å². The molecule has 0 aliphatic carbocycles. The molecule has 0 spiro atoms. The van der Waals surface area contributed by atoms with Crippen LogP contribution in [0.25, 0.3) is 11.1 Å². The molecule has 2 aromatic rings. The Morgan fingerprint density at radius 1 is 0.545 bits per heavy atom. The highest BCUT2D eigenvalue weighted by Gasteiger charge is 2.19. The summed E-state index contributed by atoms with van der Waals surface area (Å²) >= 11 is 0. The molecule has 0 aliphatic rings. The second kappa shape index (κ2) is 6.82. The van der Waals surface area contributed by atoms with Crippen molar-refractivity contribution in [2.24, 2.45) is 0 Å². The van der Waals surface area contributed by atoms with Crippen molar-refractivity contribution in [2.75, 3.05) is 26.7 Å². The number of hydrogen-bond donors (Lipinski definition) is 0. The van der Waals surface area contributed by atoms with Crippen LogP contribution in [0.2, 0.25) is 0 Å². The quantitative estimate of drug-likeness (QED) is 0.668. The van der Waals surface area contributed by atoms with Crippen LogP contribution < -0.4 is 10.6 Å². The highest BCUT2D eigenvalue weighted by Crippen LogP contribution is 2.39.